The summed E-state index contributed by atoms with van der Waals surface area (Å²) in [5, 5.41) is 21.3. The molecule has 2 atom stereocenters. The minimum atomic E-state index is -0.984. The number of carbonyl (C=O) groups is 2. The SMILES string of the molecule is C=CCOCC(=C)C(=O)OCC(=O)OC12CC3CC(O)(CC(O)(C3)C1)C2. The van der Waals surface area contributed by atoms with Gasteiger partial charge in [-0.3, -0.25) is 0 Å². The van der Waals surface area contributed by atoms with Gasteiger partial charge in [0.25, 0.3) is 0 Å². The van der Waals surface area contributed by atoms with E-state index in [1.807, 2.05) is 0 Å². The lowest BCUT2D eigenvalue weighted by Gasteiger charge is -2.62. The molecule has 26 heavy (non-hydrogen) atoms. The van der Waals surface area contributed by atoms with Crippen molar-refractivity contribution in [3.63, 3.8) is 0 Å². The molecule has 0 radical (unpaired) electrons. The van der Waals surface area contributed by atoms with E-state index >= 15 is 0 Å². The largest absolute Gasteiger partial charge is 0.456 e. The highest BCUT2D eigenvalue weighted by molar-refractivity contribution is 5.89. The van der Waals surface area contributed by atoms with Crippen LogP contribution < -0.4 is 0 Å². The van der Waals surface area contributed by atoms with Gasteiger partial charge < -0.3 is 24.4 Å². The molecule has 4 bridgehead atoms. The molecular weight excluding hydrogens is 340 g/mol. The van der Waals surface area contributed by atoms with Gasteiger partial charge in [-0.05, 0) is 25.2 Å². The van der Waals surface area contributed by atoms with Crippen LogP contribution in [0.2, 0.25) is 0 Å². The van der Waals surface area contributed by atoms with Gasteiger partial charge in [0.05, 0.1) is 30.0 Å². The van der Waals surface area contributed by atoms with E-state index in [0.29, 0.717) is 38.5 Å². The van der Waals surface area contributed by atoms with Gasteiger partial charge in [-0.1, -0.05) is 12.7 Å². The maximum absolute atomic E-state index is 12.2. The molecule has 2 unspecified atom stereocenters. The molecule has 0 saturated heterocycles. The summed E-state index contributed by atoms with van der Waals surface area (Å²) < 4.78 is 15.6. The van der Waals surface area contributed by atoms with E-state index in [1.165, 1.54) is 0 Å². The molecule has 4 aliphatic rings. The minimum absolute atomic E-state index is 0.00835. The molecule has 0 aromatic carbocycles. The molecule has 144 valence electrons. The Balaban J connectivity index is 1.51. The Hall–Kier alpha value is -1.70. The number of aliphatic hydroxyl groups is 2. The van der Waals surface area contributed by atoms with Crippen LogP contribution in [0, 0.1) is 5.92 Å². The van der Waals surface area contributed by atoms with Gasteiger partial charge in [0.1, 0.15) is 5.60 Å². The van der Waals surface area contributed by atoms with Crippen molar-refractivity contribution < 1.29 is 34.0 Å². The molecular formula is C19H26O7. The smallest absolute Gasteiger partial charge is 0.344 e. The van der Waals surface area contributed by atoms with Crippen LogP contribution >= 0.6 is 0 Å². The fourth-order valence-corrected chi connectivity index (χ4v) is 5.19. The molecule has 4 aliphatic carbocycles. The second-order valence-electron chi connectivity index (χ2n) is 8.10. The molecule has 4 fully saturated rings. The lowest BCUT2D eigenvalue weighted by atomic mass is 9.50. The number of esters is 2. The molecule has 4 rings (SSSR count). The number of rotatable bonds is 8. The third-order valence-corrected chi connectivity index (χ3v) is 5.41. The van der Waals surface area contributed by atoms with Crippen molar-refractivity contribution in [1.29, 1.82) is 0 Å². The molecule has 2 N–H and O–H groups in total. The highest BCUT2D eigenvalue weighted by atomic mass is 16.6. The summed E-state index contributed by atoms with van der Waals surface area (Å²) in [6.45, 7) is 6.78. The Morgan fingerprint density at radius 1 is 1.08 bits per heavy atom. The van der Waals surface area contributed by atoms with Crippen molar-refractivity contribution in [2.24, 2.45) is 5.92 Å². The van der Waals surface area contributed by atoms with Gasteiger partial charge in [-0.2, -0.15) is 0 Å². The molecule has 7 heteroatoms. The van der Waals surface area contributed by atoms with Crippen molar-refractivity contribution in [3.05, 3.63) is 24.8 Å². The van der Waals surface area contributed by atoms with Gasteiger partial charge in [0.2, 0.25) is 0 Å². The summed E-state index contributed by atoms with van der Waals surface area (Å²) in [6, 6.07) is 0. The van der Waals surface area contributed by atoms with E-state index in [4.69, 9.17) is 14.2 Å². The van der Waals surface area contributed by atoms with E-state index in [-0.39, 0.29) is 24.7 Å². The Bertz CT molecular complexity index is 607. The molecule has 0 aromatic heterocycles. The summed E-state index contributed by atoms with van der Waals surface area (Å²) in [7, 11) is 0. The third-order valence-electron chi connectivity index (χ3n) is 5.41. The normalized spacial score (nSPS) is 37.2. The maximum Gasteiger partial charge on any atom is 0.344 e. The van der Waals surface area contributed by atoms with E-state index in [2.05, 4.69) is 13.2 Å². The van der Waals surface area contributed by atoms with Gasteiger partial charge >= 0.3 is 11.9 Å². The predicted molar refractivity (Wildman–Crippen MR) is 91.0 cm³/mol. The number of carbonyl (C=O) groups excluding carboxylic acids is 2. The summed E-state index contributed by atoms with van der Waals surface area (Å²) in [6.07, 6.45) is 4.40. The first-order valence-electron chi connectivity index (χ1n) is 8.87. The van der Waals surface area contributed by atoms with E-state index in [9.17, 15) is 19.8 Å². The summed E-state index contributed by atoms with van der Waals surface area (Å²) in [5.41, 5.74) is -2.75. The first-order valence-corrected chi connectivity index (χ1v) is 8.87. The lowest BCUT2D eigenvalue weighted by molar-refractivity contribution is -0.262. The summed E-state index contributed by atoms with van der Waals surface area (Å²) >= 11 is 0. The molecule has 0 spiro atoms. The molecule has 0 aromatic rings. The van der Waals surface area contributed by atoms with Gasteiger partial charge in [-0.15, -0.1) is 6.58 Å². The second kappa shape index (κ2) is 6.79. The van der Waals surface area contributed by atoms with Gasteiger partial charge in [0, 0.05) is 19.3 Å². The van der Waals surface area contributed by atoms with Crippen molar-refractivity contribution in [2.45, 2.75) is 55.3 Å². The number of ether oxygens (including phenoxy) is 3. The minimum Gasteiger partial charge on any atom is -0.456 e. The quantitative estimate of drug-likeness (QED) is 0.286. The maximum atomic E-state index is 12.2. The van der Waals surface area contributed by atoms with Crippen LogP contribution in [0.4, 0.5) is 0 Å². The van der Waals surface area contributed by atoms with Crippen LogP contribution in [-0.2, 0) is 23.8 Å². The van der Waals surface area contributed by atoms with Gasteiger partial charge in [-0.25, -0.2) is 9.59 Å². The highest BCUT2D eigenvalue weighted by Crippen LogP contribution is 2.60. The Morgan fingerprint density at radius 3 is 2.31 bits per heavy atom. The van der Waals surface area contributed by atoms with Crippen LogP contribution in [0.5, 0.6) is 0 Å². The van der Waals surface area contributed by atoms with Crippen molar-refractivity contribution in [1.82, 2.24) is 0 Å². The van der Waals surface area contributed by atoms with E-state index in [0.717, 1.165) is 0 Å². The van der Waals surface area contributed by atoms with E-state index < -0.39 is 35.3 Å². The van der Waals surface area contributed by atoms with Crippen molar-refractivity contribution >= 4 is 11.9 Å². The van der Waals surface area contributed by atoms with Crippen LogP contribution in [0.15, 0.2) is 24.8 Å². The number of hydrogen-bond donors (Lipinski definition) is 2. The van der Waals surface area contributed by atoms with Crippen LogP contribution in [0.3, 0.4) is 0 Å². The van der Waals surface area contributed by atoms with Crippen LogP contribution in [0.25, 0.3) is 0 Å². The fraction of sp³-hybridized carbons (Fsp3) is 0.684. The Kier molecular flexibility index (Phi) is 4.98. The second-order valence-corrected chi connectivity index (χ2v) is 8.10. The topological polar surface area (TPSA) is 102 Å². The van der Waals surface area contributed by atoms with E-state index in [1.54, 1.807) is 6.08 Å². The standard InChI is InChI=1S/C19H26O7/c1-3-4-24-8-13(2)16(21)25-9-15(20)26-19-7-14-5-17(22,11-19)10-18(23,6-14)12-19/h3,14,22-23H,1-2,4-12H2. The van der Waals surface area contributed by atoms with Crippen LogP contribution in [-0.4, -0.2) is 58.8 Å². The zero-order valence-electron chi connectivity index (χ0n) is 14.9. The van der Waals surface area contributed by atoms with Crippen molar-refractivity contribution in [2.75, 3.05) is 19.8 Å². The molecule has 0 aliphatic heterocycles. The average Bonchev–Trinajstić information content (AvgIpc) is 2.48. The zero-order chi connectivity index (χ0) is 19.0. The zero-order valence-corrected chi connectivity index (χ0v) is 14.9. The lowest BCUT2D eigenvalue weighted by Crippen LogP contribution is -2.67. The number of hydrogen-bond acceptors (Lipinski definition) is 7. The predicted octanol–water partition coefficient (Wildman–Crippen LogP) is 1.03. The first-order chi connectivity index (χ1) is 12.2. The molecule has 0 amide bonds. The van der Waals surface area contributed by atoms with Crippen LogP contribution in [0.1, 0.15) is 38.5 Å². The summed E-state index contributed by atoms with van der Waals surface area (Å²) in [4.78, 5) is 24.0. The average molecular weight is 366 g/mol. The third kappa shape index (κ3) is 4.00. The highest BCUT2D eigenvalue weighted by Gasteiger charge is 2.64. The Labute approximate surface area is 152 Å². The fourth-order valence-electron chi connectivity index (χ4n) is 5.19. The Morgan fingerprint density at radius 2 is 1.73 bits per heavy atom. The van der Waals surface area contributed by atoms with Gasteiger partial charge in [0.15, 0.2) is 6.61 Å². The molecule has 0 heterocycles. The van der Waals surface area contributed by atoms with Crippen molar-refractivity contribution in [3.8, 4) is 0 Å². The first kappa shape index (κ1) is 19.1. The molecule has 7 nitrogen and oxygen atoms in total. The molecule has 4 saturated carbocycles. The monoisotopic (exact) mass is 366 g/mol. The summed E-state index contributed by atoms with van der Waals surface area (Å²) in [5.74, 6) is -1.28.